The molecule has 28 heavy (non-hydrogen) atoms. The van der Waals surface area contributed by atoms with Gasteiger partial charge in [-0.3, -0.25) is 9.59 Å². The van der Waals surface area contributed by atoms with Crippen LogP contribution in [0.15, 0.2) is 0 Å². The van der Waals surface area contributed by atoms with Crippen LogP contribution in [0.2, 0.25) is 0 Å². The zero-order valence-corrected chi connectivity index (χ0v) is 17.9. The van der Waals surface area contributed by atoms with E-state index in [1.165, 1.54) is 57.8 Å². The summed E-state index contributed by atoms with van der Waals surface area (Å²) in [6.45, 7) is 2.23. The van der Waals surface area contributed by atoms with Crippen LogP contribution >= 0.6 is 0 Å². The maximum absolute atomic E-state index is 12.2. The van der Waals surface area contributed by atoms with Gasteiger partial charge in [0.25, 0.3) is 0 Å². The summed E-state index contributed by atoms with van der Waals surface area (Å²) in [5.41, 5.74) is 0. The Balaban J connectivity index is 2.01. The van der Waals surface area contributed by atoms with Crippen LogP contribution in [-0.4, -0.2) is 34.9 Å². The molecule has 1 aliphatic carbocycles. The molecule has 0 aromatic heterocycles. The van der Waals surface area contributed by atoms with Crippen molar-refractivity contribution in [1.29, 1.82) is 0 Å². The fourth-order valence-electron chi connectivity index (χ4n) is 4.12. The van der Waals surface area contributed by atoms with E-state index >= 15 is 0 Å². The number of ether oxygens (including phenoxy) is 1. The molecule has 2 N–H and O–H groups in total. The van der Waals surface area contributed by atoms with Crippen molar-refractivity contribution in [3.63, 3.8) is 0 Å². The van der Waals surface area contributed by atoms with Gasteiger partial charge in [-0.2, -0.15) is 0 Å². The third kappa shape index (κ3) is 11.0. The van der Waals surface area contributed by atoms with Gasteiger partial charge in [-0.15, -0.1) is 0 Å². The minimum absolute atomic E-state index is 0.0145. The highest BCUT2D eigenvalue weighted by Crippen LogP contribution is 2.31. The smallest absolute Gasteiger partial charge is 0.309 e. The number of rotatable bonds is 16. The molecule has 0 radical (unpaired) electrons. The molecule has 0 amide bonds. The van der Waals surface area contributed by atoms with E-state index < -0.39 is 29.9 Å². The first kappa shape index (κ1) is 24.9. The fraction of sp³-hybridized carbons (Fsp3) is 0.913. The van der Waals surface area contributed by atoms with Gasteiger partial charge >= 0.3 is 11.9 Å². The van der Waals surface area contributed by atoms with Crippen molar-refractivity contribution >= 4 is 11.9 Å². The summed E-state index contributed by atoms with van der Waals surface area (Å²) in [5, 5.41) is 19.3. The van der Waals surface area contributed by atoms with Crippen LogP contribution < -0.4 is 0 Å². The highest BCUT2D eigenvalue weighted by molar-refractivity contribution is 5.81. The summed E-state index contributed by atoms with van der Waals surface area (Å²) in [5.74, 6) is -2.56. The average molecular weight is 399 g/mol. The Bertz CT molecular complexity index is 423. The molecule has 164 valence electrons. The fourth-order valence-corrected chi connectivity index (χ4v) is 4.12. The van der Waals surface area contributed by atoms with Crippen molar-refractivity contribution in [2.75, 3.05) is 6.61 Å². The number of hydrogen-bond acceptors (Lipinski definition) is 4. The first-order valence-electron chi connectivity index (χ1n) is 11.6. The molecule has 0 saturated heterocycles. The summed E-state index contributed by atoms with van der Waals surface area (Å²) in [6, 6.07) is 0. The van der Waals surface area contributed by atoms with Crippen LogP contribution in [0.5, 0.6) is 0 Å². The van der Waals surface area contributed by atoms with Crippen molar-refractivity contribution in [3.8, 4) is 0 Å². The Morgan fingerprint density at radius 1 is 0.857 bits per heavy atom. The molecule has 3 atom stereocenters. The molecular weight excluding hydrogens is 356 g/mol. The zero-order valence-electron chi connectivity index (χ0n) is 17.9. The van der Waals surface area contributed by atoms with E-state index in [0.717, 1.165) is 25.7 Å². The first-order chi connectivity index (χ1) is 13.6. The van der Waals surface area contributed by atoms with Crippen LogP contribution in [0.3, 0.4) is 0 Å². The summed E-state index contributed by atoms with van der Waals surface area (Å²) in [4.78, 5) is 23.5. The molecule has 1 rings (SSSR count). The van der Waals surface area contributed by atoms with Crippen LogP contribution in [0.4, 0.5) is 0 Å². The molecule has 1 aliphatic rings. The lowest BCUT2D eigenvalue weighted by atomic mass is 9.79. The van der Waals surface area contributed by atoms with E-state index in [4.69, 9.17) is 4.74 Å². The zero-order chi connectivity index (χ0) is 20.6. The number of carbonyl (C=O) groups excluding carboxylic acids is 1. The second kappa shape index (κ2) is 15.8. The standard InChI is InChI=1S/C23H42O5/c1-2-3-4-5-6-7-8-9-10-11-12-15-19(24)18-28-23(27)21-17-14-13-16-20(21)22(25)26/h19-21,24H,2-18H2,1H3,(H,25,26). The Hall–Kier alpha value is -1.10. The lowest BCUT2D eigenvalue weighted by molar-refractivity contribution is -0.161. The number of carboxylic acids is 1. The third-order valence-electron chi connectivity index (χ3n) is 5.94. The summed E-state index contributed by atoms with van der Waals surface area (Å²) < 4.78 is 5.22. The number of aliphatic carboxylic acids is 1. The quantitative estimate of drug-likeness (QED) is 0.265. The molecule has 0 heterocycles. The predicted octanol–water partition coefficient (Wildman–Crippen LogP) is 5.48. The van der Waals surface area contributed by atoms with Gasteiger partial charge in [0, 0.05) is 0 Å². The first-order valence-corrected chi connectivity index (χ1v) is 11.6. The number of unbranched alkanes of at least 4 members (excludes halogenated alkanes) is 10. The molecule has 0 bridgehead atoms. The van der Waals surface area contributed by atoms with E-state index in [-0.39, 0.29) is 6.61 Å². The Kier molecular flexibility index (Phi) is 14.1. The van der Waals surface area contributed by atoms with E-state index in [2.05, 4.69) is 6.92 Å². The Labute approximate surface area is 171 Å². The summed E-state index contributed by atoms with van der Waals surface area (Å²) in [7, 11) is 0. The lowest BCUT2D eigenvalue weighted by Gasteiger charge is -2.27. The summed E-state index contributed by atoms with van der Waals surface area (Å²) >= 11 is 0. The molecule has 1 fully saturated rings. The highest BCUT2D eigenvalue weighted by Gasteiger charge is 2.36. The minimum atomic E-state index is -0.914. The maximum atomic E-state index is 12.2. The average Bonchev–Trinajstić information content (AvgIpc) is 2.70. The van der Waals surface area contributed by atoms with E-state index in [9.17, 15) is 19.8 Å². The molecular formula is C23H42O5. The lowest BCUT2D eigenvalue weighted by Crippen LogP contribution is -2.35. The van der Waals surface area contributed by atoms with Gasteiger partial charge < -0.3 is 14.9 Å². The van der Waals surface area contributed by atoms with Gasteiger partial charge in [-0.05, 0) is 19.3 Å². The second-order valence-corrected chi connectivity index (χ2v) is 8.44. The van der Waals surface area contributed by atoms with Crippen LogP contribution in [-0.2, 0) is 14.3 Å². The number of hydrogen-bond donors (Lipinski definition) is 2. The molecule has 5 nitrogen and oxygen atoms in total. The Morgan fingerprint density at radius 2 is 1.36 bits per heavy atom. The molecule has 0 aromatic rings. The number of aliphatic hydroxyl groups excluding tert-OH is 1. The van der Waals surface area contributed by atoms with Crippen LogP contribution in [0, 0.1) is 11.8 Å². The van der Waals surface area contributed by atoms with Crippen molar-refractivity contribution < 1.29 is 24.5 Å². The van der Waals surface area contributed by atoms with Crippen molar-refractivity contribution in [1.82, 2.24) is 0 Å². The van der Waals surface area contributed by atoms with Gasteiger partial charge in [0.1, 0.15) is 6.61 Å². The number of esters is 1. The van der Waals surface area contributed by atoms with Gasteiger partial charge in [0.15, 0.2) is 0 Å². The topological polar surface area (TPSA) is 83.8 Å². The van der Waals surface area contributed by atoms with Gasteiger partial charge in [-0.1, -0.05) is 90.4 Å². The third-order valence-corrected chi connectivity index (χ3v) is 5.94. The highest BCUT2D eigenvalue weighted by atomic mass is 16.5. The van der Waals surface area contributed by atoms with Gasteiger partial charge in [-0.25, -0.2) is 0 Å². The number of carboxylic acid groups (broad SMARTS) is 1. The van der Waals surface area contributed by atoms with E-state index in [0.29, 0.717) is 19.3 Å². The SMILES string of the molecule is CCCCCCCCCCCCCC(O)COC(=O)C1CCCCC1C(=O)O. The normalized spacial score (nSPS) is 20.6. The van der Waals surface area contributed by atoms with Gasteiger partial charge in [0.2, 0.25) is 0 Å². The summed E-state index contributed by atoms with van der Waals surface area (Å²) in [6.07, 6.45) is 16.7. The molecule has 0 aromatic carbocycles. The molecule has 5 heteroatoms. The molecule has 0 aliphatic heterocycles. The minimum Gasteiger partial charge on any atom is -0.481 e. The second-order valence-electron chi connectivity index (χ2n) is 8.44. The van der Waals surface area contributed by atoms with Crippen LogP contribution in [0.25, 0.3) is 0 Å². The van der Waals surface area contributed by atoms with Crippen molar-refractivity contribution in [2.45, 2.75) is 116 Å². The van der Waals surface area contributed by atoms with Crippen LogP contribution in [0.1, 0.15) is 110 Å². The molecule has 0 spiro atoms. The number of carbonyl (C=O) groups is 2. The maximum Gasteiger partial charge on any atom is 0.309 e. The monoisotopic (exact) mass is 398 g/mol. The number of aliphatic hydroxyl groups is 1. The van der Waals surface area contributed by atoms with Crippen molar-refractivity contribution in [3.05, 3.63) is 0 Å². The molecule has 1 saturated carbocycles. The largest absolute Gasteiger partial charge is 0.481 e. The molecule has 3 unspecified atom stereocenters. The Morgan fingerprint density at radius 3 is 1.89 bits per heavy atom. The van der Waals surface area contributed by atoms with E-state index in [1.54, 1.807) is 0 Å². The van der Waals surface area contributed by atoms with Gasteiger partial charge in [0.05, 0.1) is 17.9 Å². The predicted molar refractivity (Wildman–Crippen MR) is 111 cm³/mol. The van der Waals surface area contributed by atoms with E-state index in [1.807, 2.05) is 0 Å². The van der Waals surface area contributed by atoms with Crippen molar-refractivity contribution in [2.24, 2.45) is 11.8 Å².